The average molecular weight is 312 g/mol. The molecule has 1 unspecified atom stereocenters. The monoisotopic (exact) mass is 312 g/mol. The normalized spacial score (nSPS) is 33.9. The highest BCUT2D eigenvalue weighted by Gasteiger charge is 2.54. The van der Waals surface area contributed by atoms with E-state index in [1.54, 1.807) is 0 Å². The summed E-state index contributed by atoms with van der Waals surface area (Å²) >= 11 is 0. The van der Waals surface area contributed by atoms with E-state index in [0.717, 1.165) is 12.8 Å². The van der Waals surface area contributed by atoms with Gasteiger partial charge in [0, 0.05) is 11.8 Å². The molecular formula is C20H24O3. The van der Waals surface area contributed by atoms with Crippen LogP contribution in [-0.2, 0) is 11.2 Å². The van der Waals surface area contributed by atoms with Gasteiger partial charge in [0.15, 0.2) is 0 Å². The molecule has 3 heteroatoms. The molecule has 0 heterocycles. The van der Waals surface area contributed by atoms with Crippen LogP contribution < -0.4 is 0 Å². The van der Waals surface area contributed by atoms with Gasteiger partial charge < -0.3 is 10.2 Å². The van der Waals surface area contributed by atoms with Crippen LogP contribution in [0.25, 0.3) is 0 Å². The van der Waals surface area contributed by atoms with Crippen LogP contribution >= 0.6 is 0 Å². The number of rotatable bonds is 3. The number of Topliss-reactive ketones (excluding diaryl/α,β-unsaturated/α-hetero) is 1. The summed E-state index contributed by atoms with van der Waals surface area (Å²) in [6, 6.07) is 10.0. The van der Waals surface area contributed by atoms with E-state index < -0.39 is 12.2 Å². The molecule has 0 bridgehead atoms. The first-order valence-corrected chi connectivity index (χ1v) is 8.52. The molecule has 2 aliphatic carbocycles. The number of aliphatic hydroxyl groups excluding tert-OH is 2. The molecule has 0 spiro atoms. The Morgan fingerprint density at radius 1 is 1.26 bits per heavy atom. The lowest BCUT2D eigenvalue weighted by Crippen LogP contribution is -2.55. The van der Waals surface area contributed by atoms with Crippen molar-refractivity contribution >= 4 is 5.78 Å². The predicted molar refractivity (Wildman–Crippen MR) is 88.4 cm³/mol. The Kier molecular flexibility index (Phi) is 4.84. The Hall–Kier alpha value is -1.63. The first-order chi connectivity index (χ1) is 11.1. The minimum absolute atomic E-state index is 0.00397. The summed E-state index contributed by atoms with van der Waals surface area (Å²) in [5.74, 6) is 6.38. The van der Waals surface area contributed by atoms with Crippen molar-refractivity contribution in [2.24, 2.45) is 23.7 Å². The standard InChI is InChI=1S/C20H24O3/c1-13-19-16(18(22)12-11-17(19)20(13)23)10-9-15(21)8-7-14-5-3-2-4-6-14/h2-6,13,15-19,21-22H,7-8,11-12H2,1H3/t13?,15-,16-,17-,18+,19+/m0/s1. The predicted octanol–water partition coefficient (Wildman–Crippen LogP) is 2.21. The zero-order chi connectivity index (χ0) is 16.4. The van der Waals surface area contributed by atoms with Crippen LogP contribution in [0, 0.1) is 35.5 Å². The van der Waals surface area contributed by atoms with Gasteiger partial charge in [0.1, 0.15) is 11.9 Å². The van der Waals surface area contributed by atoms with Crippen LogP contribution in [0.4, 0.5) is 0 Å². The molecule has 1 aromatic carbocycles. The van der Waals surface area contributed by atoms with Crippen LogP contribution in [0.1, 0.15) is 31.7 Å². The lowest BCUT2D eigenvalue weighted by atomic mass is 9.53. The van der Waals surface area contributed by atoms with Gasteiger partial charge in [0.05, 0.1) is 12.0 Å². The lowest BCUT2D eigenvalue weighted by molar-refractivity contribution is -0.151. The van der Waals surface area contributed by atoms with E-state index in [1.165, 1.54) is 5.56 Å². The van der Waals surface area contributed by atoms with E-state index in [2.05, 4.69) is 11.8 Å². The second-order valence-corrected chi connectivity index (χ2v) is 6.87. The summed E-state index contributed by atoms with van der Waals surface area (Å²) in [4.78, 5) is 11.9. The smallest absolute Gasteiger partial charge is 0.139 e. The van der Waals surface area contributed by atoms with Crippen LogP contribution in [0.2, 0.25) is 0 Å². The molecule has 6 atom stereocenters. The summed E-state index contributed by atoms with van der Waals surface area (Å²) in [6.45, 7) is 1.93. The van der Waals surface area contributed by atoms with E-state index in [4.69, 9.17) is 0 Å². The molecule has 0 saturated heterocycles. The first-order valence-electron chi connectivity index (χ1n) is 8.52. The maximum atomic E-state index is 11.9. The molecule has 0 radical (unpaired) electrons. The number of aryl methyl sites for hydroxylation is 1. The number of ketones is 1. The van der Waals surface area contributed by atoms with Gasteiger partial charge >= 0.3 is 0 Å². The number of benzene rings is 1. The molecule has 23 heavy (non-hydrogen) atoms. The molecule has 2 fully saturated rings. The van der Waals surface area contributed by atoms with Crippen molar-refractivity contribution in [1.29, 1.82) is 0 Å². The van der Waals surface area contributed by atoms with E-state index >= 15 is 0 Å². The fourth-order valence-electron chi connectivity index (χ4n) is 4.03. The molecule has 3 rings (SSSR count). The Labute approximate surface area is 137 Å². The fourth-order valence-corrected chi connectivity index (χ4v) is 4.03. The number of carbonyl (C=O) groups excluding carboxylic acids is 1. The summed E-state index contributed by atoms with van der Waals surface area (Å²) in [5.41, 5.74) is 1.18. The molecule has 1 aromatic rings. The summed E-state index contributed by atoms with van der Waals surface area (Å²) in [5, 5.41) is 20.3. The van der Waals surface area contributed by atoms with Gasteiger partial charge in [-0.1, -0.05) is 49.1 Å². The number of aliphatic hydroxyl groups is 2. The van der Waals surface area contributed by atoms with Crippen LogP contribution in [0.3, 0.4) is 0 Å². The molecule has 2 N–H and O–H groups in total. The van der Waals surface area contributed by atoms with Crippen LogP contribution in [0.15, 0.2) is 30.3 Å². The van der Waals surface area contributed by atoms with E-state index in [9.17, 15) is 15.0 Å². The molecular weight excluding hydrogens is 288 g/mol. The molecule has 3 nitrogen and oxygen atoms in total. The average Bonchev–Trinajstić information content (AvgIpc) is 2.58. The molecule has 0 aliphatic heterocycles. The van der Waals surface area contributed by atoms with Crippen LogP contribution in [-0.4, -0.2) is 28.2 Å². The largest absolute Gasteiger partial charge is 0.392 e. The minimum atomic E-state index is -0.686. The first kappa shape index (κ1) is 16.2. The number of carbonyl (C=O) groups is 1. The van der Waals surface area contributed by atoms with E-state index in [1.807, 2.05) is 37.3 Å². The highest BCUT2D eigenvalue weighted by molar-refractivity contribution is 5.90. The van der Waals surface area contributed by atoms with E-state index in [-0.39, 0.29) is 23.7 Å². The lowest BCUT2D eigenvalue weighted by Gasteiger charge is -2.49. The number of hydrogen-bond donors (Lipinski definition) is 2. The quantitative estimate of drug-likeness (QED) is 0.841. The van der Waals surface area contributed by atoms with E-state index in [0.29, 0.717) is 18.6 Å². The van der Waals surface area contributed by atoms with Gasteiger partial charge in [-0.2, -0.15) is 0 Å². The second kappa shape index (κ2) is 6.86. The molecule has 122 valence electrons. The van der Waals surface area contributed by atoms with Crippen LogP contribution in [0.5, 0.6) is 0 Å². The highest BCUT2D eigenvalue weighted by atomic mass is 16.3. The van der Waals surface area contributed by atoms with Crippen molar-refractivity contribution in [3.05, 3.63) is 35.9 Å². The second-order valence-electron chi connectivity index (χ2n) is 6.87. The van der Waals surface area contributed by atoms with Crippen molar-refractivity contribution in [2.75, 3.05) is 0 Å². The van der Waals surface area contributed by atoms with Gasteiger partial charge in [0.2, 0.25) is 0 Å². The zero-order valence-electron chi connectivity index (χ0n) is 13.5. The minimum Gasteiger partial charge on any atom is -0.392 e. The van der Waals surface area contributed by atoms with Gasteiger partial charge in [-0.25, -0.2) is 0 Å². The highest BCUT2D eigenvalue weighted by Crippen LogP contribution is 2.49. The maximum absolute atomic E-state index is 11.9. The topological polar surface area (TPSA) is 57.5 Å². The Balaban J connectivity index is 1.59. The summed E-state index contributed by atoms with van der Waals surface area (Å²) < 4.78 is 0. The van der Waals surface area contributed by atoms with Crippen molar-refractivity contribution in [3.63, 3.8) is 0 Å². The van der Waals surface area contributed by atoms with Crippen molar-refractivity contribution in [1.82, 2.24) is 0 Å². The number of fused-ring (bicyclic) bond motifs is 1. The third kappa shape index (κ3) is 3.34. The summed E-state index contributed by atoms with van der Waals surface area (Å²) in [7, 11) is 0. The van der Waals surface area contributed by atoms with Gasteiger partial charge in [-0.05, 0) is 37.2 Å². The molecule has 2 aliphatic rings. The molecule has 0 aromatic heterocycles. The fraction of sp³-hybridized carbons (Fsp3) is 0.550. The SMILES string of the molecule is CC1C(=O)[C@H]2CC[C@@H](O)[C@H](C#C[C@@H](O)CCc3ccccc3)[C@@H]12. The summed E-state index contributed by atoms with van der Waals surface area (Å²) in [6.07, 6.45) is 1.63. The Morgan fingerprint density at radius 3 is 2.74 bits per heavy atom. The van der Waals surface area contributed by atoms with Gasteiger partial charge in [-0.15, -0.1) is 0 Å². The number of hydrogen-bond acceptors (Lipinski definition) is 3. The van der Waals surface area contributed by atoms with Crippen molar-refractivity contribution in [3.8, 4) is 11.8 Å². The third-order valence-electron chi connectivity index (χ3n) is 5.42. The Bertz CT molecular complexity index is 613. The van der Waals surface area contributed by atoms with Gasteiger partial charge in [-0.3, -0.25) is 4.79 Å². The Morgan fingerprint density at radius 2 is 2.00 bits per heavy atom. The maximum Gasteiger partial charge on any atom is 0.139 e. The molecule has 2 saturated carbocycles. The third-order valence-corrected chi connectivity index (χ3v) is 5.42. The van der Waals surface area contributed by atoms with Crippen molar-refractivity contribution in [2.45, 2.75) is 44.8 Å². The van der Waals surface area contributed by atoms with Crippen molar-refractivity contribution < 1.29 is 15.0 Å². The van der Waals surface area contributed by atoms with Gasteiger partial charge in [0.25, 0.3) is 0 Å². The zero-order valence-corrected chi connectivity index (χ0v) is 13.5. The molecule has 0 amide bonds.